The van der Waals surface area contributed by atoms with Crippen LogP contribution >= 0.6 is 0 Å². The van der Waals surface area contributed by atoms with Gasteiger partial charge in [-0.3, -0.25) is 0 Å². The molecule has 0 N–H and O–H groups in total. The van der Waals surface area contributed by atoms with Gasteiger partial charge in [-0.05, 0) is 113 Å². The average molecular weight is 945 g/mol. The summed E-state index contributed by atoms with van der Waals surface area (Å²) in [6.07, 6.45) is 35.9. The summed E-state index contributed by atoms with van der Waals surface area (Å²) in [5.74, 6) is 0.968. The summed E-state index contributed by atoms with van der Waals surface area (Å²) in [5, 5.41) is 0. The lowest BCUT2D eigenvalue weighted by Crippen LogP contribution is -2.29. The number of esters is 2. The van der Waals surface area contributed by atoms with Crippen molar-refractivity contribution in [1.29, 1.82) is 0 Å². The minimum Gasteiger partial charge on any atom is -0.494 e. The molecule has 1 saturated carbocycles. The number of carbonyl (C=O) groups excluding carboxylic acids is 2. The van der Waals surface area contributed by atoms with Crippen LogP contribution in [0.15, 0.2) is 60.7 Å². The largest absolute Gasteiger partial charge is 0.494 e. The van der Waals surface area contributed by atoms with Crippen molar-refractivity contribution in [3.8, 4) is 11.5 Å². The first kappa shape index (κ1) is 55.2. The zero-order valence-corrected chi connectivity index (χ0v) is 42.2. The van der Waals surface area contributed by atoms with E-state index in [4.69, 9.17) is 37.9 Å². The fourth-order valence-electron chi connectivity index (χ4n) is 8.49. The number of unbranched alkanes of at least 4 members (excludes halogenated alkanes) is 18. The molecule has 2 heterocycles. The van der Waals surface area contributed by atoms with Crippen molar-refractivity contribution in [3.05, 3.63) is 71.8 Å². The van der Waals surface area contributed by atoms with E-state index in [1.807, 2.05) is 48.5 Å². The van der Waals surface area contributed by atoms with Gasteiger partial charge in [0, 0.05) is 51.4 Å². The van der Waals surface area contributed by atoms with Crippen LogP contribution < -0.4 is 9.47 Å². The lowest BCUT2D eigenvalue weighted by molar-refractivity contribution is -0.151. The molecule has 0 amide bonds. The normalized spacial score (nSPS) is 21.0. The van der Waals surface area contributed by atoms with E-state index in [0.717, 1.165) is 101 Å². The molecule has 380 valence electrons. The predicted octanol–water partition coefficient (Wildman–Crippen LogP) is 13.8. The van der Waals surface area contributed by atoms with Gasteiger partial charge in [-0.15, -0.1) is 0 Å². The number of benzene rings is 2. The summed E-state index contributed by atoms with van der Waals surface area (Å²) in [4.78, 5) is 25.2. The Morgan fingerprint density at radius 2 is 0.750 bits per heavy atom. The fourth-order valence-corrected chi connectivity index (χ4v) is 8.49. The summed E-state index contributed by atoms with van der Waals surface area (Å²) < 4.78 is 45.6. The second-order valence-corrected chi connectivity index (χ2v) is 20.0. The number of hydrogen-bond acceptors (Lipinski definition) is 10. The van der Waals surface area contributed by atoms with Crippen LogP contribution in [0, 0.1) is 0 Å². The fraction of sp³-hybridized carbons (Fsp3) is 0.690. The minimum absolute atomic E-state index is 0.112. The Bertz CT molecular complexity index is 1560. The maximum atomic E-state index is 12.6. The highest BCUT2D eigenvalue weighted by Gasteiger charge is 2.39. The number of epoxide rings is 2. The van der Waals surface area contributed by atoms with Crippen LogP contribution in [0.4, 0.5) is 0 Å². The van der Waals surface area contributed by atoms with Gasteiger partial charge in [0.1, 0.15) is 23.7 Å². The smallest absolute Gasteiger partial charge is 0.331 e. The van der Waals surface area contributed by atoms with Crippen LogP contribution in [0.2, 0.25) is 0 Å². The first-order valence-corrected chi connectivity index (χ1v) is 26.9. The van der Waals surface area contributed by atoms with Crippen molar-refractivity contribution in [3.63, 3.8) is 0 Å². The van der Waals surface area contributed by atoms with Crippen molar-refractivity contribution < 1.29 is 47.5 Å². The van der Waals surface area contributed by atoms with Crippen LogP contribution in [0.3, 0.4) is 0 Å². The van der Waals surface area contributed by atoms with Gasteiger partial charge in [0.2, 0.25) is 0 Å². The van der Waals surface area contributed by atoms with Crippen molar-refractivity contribution in [2.45, 2.75) is 204 Å². The van der Waals surface area contributed by atoms with Gasteiger partial charge >= 0.3 is 11.9 Å². The molecular formula is C58H88O10. The van der Waals surface area contributed by atoms with E-state index < -0.39 is 0 Å². The molecule has 2 aliphatic heterocycles. The van der Waals surface area contributed by atoms with E-state index in [1.165, 1.54) is 128 Å². The molecule has 1 aliphatic carbocycles. The van der Waals surface area contributed by atoms with Crippen molar-refractivity contribution in [2.75, 3.05) is 52.9 Å². The second kappa shape index (κ2) is 33.0. The number of hydrogen-bond donors (Lipinski definition) is 0. The lowest BCUT2D eigenvalue weighted by atomic mass is 9.95. The molecule has 2 aromatic carbocycles. The van der Waals surface area contributed by atoms with Crippen molar-refractivity contribution in [1.82, 2.24) is 0 Å². The van der Waals surface area contributed by atoms with E-state index in [9.17, 15) is 9.59 Å². The highest BCUT2D eigenvalue weighted by atomic mass is 16.6. The number of rotatable bonds is 40. The van der Waals surface area contributed by atoms with Crippen LogP contribution in [-0.2, 0) is 38.0 Å². The monoisotopic (exact) mass is 945 g/mol. The average Bonchev–Trinajstić information content (AvgIpc) is 4.28. The topological polar surface area (TPSA) is 115 Å². The number of carbonyl (C=O) groups is 2. The minimum atomic E-state index is -0.359. The van der Waals surface area contributed by atoms with E-state index >= 15 is 0 Å². The van der Waals surface area contributed by atoms with Gasteiger partial charge in [0.05, 0.1) is 37.6 Å². The van der Waals surface area contributed by atoms with Crippen LogP contribution in [-0.4, -0.2) is 88.2 Å². The summed E-state index contributed by atoms with van der Waals surface area (Å²) in [5.41, 5.74) is 2.05. The van der Waals surface area contributed by atoms with Crippen molar-refractivity contribution >= 4 is 24.1 Å². The molecule has 3 aliphatic rings. The molecule has 0 radical (unpaired) electrons. The molecule has 5 rings (SSSR count). The summed E-state index contributed by atoms with van der Waals surface area (Å²) in [7, 11) is 0. The van der Waals surface area contributed by atoms with Crippen LogP contribution in [0.1, 0.15) is 192 Å². The molecule has 3 fully saturated rings. The zero-order valence-electron chi connectivity index (χ0n) is 42.2. The van der Waals surface area contributed by atoms with Crippen LogP contribution in [0.25, 0.3) is 12.2 Å². The maximum Gasteiger partial charge on any atom is 0.331 e. The molecule has 68 heavy (non-hydrogen) atoms. The molecule has 0 spiro atoms. The molecular weight excluding hydrogens is 857 g/mol. The van der Waals surface area contributed by atoms with Gasteiger partial charge in [-0.25, -0.2) is 9.59 Å². The molecule has 2 saturated heterocycles. The molecule has 0 aromatic heterocycles. The predicted molar refractivity (Wildman–Crippen MR) is 272 cm³/mol. The highest BCUT2D eigenvalue weighted by molar-refractivity contribution is 5.87. The van der Waals surface area contributed by atoms with Gasteiger partial charge in [-0.1, -0.05) is 127 Å². The first-order valence-electron chi connectivity index (χ1n) is 26.9. The lowest BCUT2D eigenvalue weighted by Gasteiger charge is -2.27. The Labute approximate surface area is 410 Å². The van der Waals surface area contributed by atoms with Crippen LogP contribution in [0.5, 0.6) is 11.5 Å². The zero-order chi connectivity index (χ0) is 47.8. The van der Waals surface area contributed by atoms with E-state index in [1.54, 1.807) is 12.2 Å². The standard InChI is InChI=1S/C58H88O10/c1-57(47-65-57)39-45-61-41-19-15-11-7-3-5-9-13-17-21-43-63-51-29-23-49(24-30-51)27-37-55(59)67-53-33-35-54(36-34-53)68-56(60)38-28-50-25-31-52(32-26-50)64-44-22-18-14-10-6-4-8-12-16-20-42-62-46-40-58(2)48-66-58/h23-32,37-38,53-54H,3-22,33-36,39-48H2,1-2H3. The SMILES string of the molecule is CC1(CCOCCCCCCCCCCCCOc2ccc(C=CC(=O)OC3CCC(OC(=O)C=Cc4ccc(OCCCCCCCCCCCCOCCC5(C)CO5)cc4)CC3)cc2)CO1. The Morgan fingerprint density at radius 3 is 1.06 bits per heavy atom. The third-order valence-corrected chi connectivity index (χ3v) is 13.5. The second-order valence-electron chi connectivity index (χ2n) is 20.0. The Morgan fingerprint density at radius 1 is 0.456 bits per heavy atom. The molecule has 10 heteroatoms. The quantitative estimate of drug-likeness (QED) is 0.0277. The van der Waals surface area contributed by atoms with Gasteiger partial charge in [-0.2, -0.15) is 0 Å². The Balaban J connectivity index is 0.781. The van der Waals surface area contributed by atoms with Gasteiger partial charge in [0.15, 0.2) is 0 Å². The maximum absolute atomic E-state index is 12.6. The third kappa shape index (κ3) is 26.3. The van der Waals surface area contributed by atoms with E-state index in [2.05, 4.69) is 13.8 Å². The Hall–Kier alpha value is -3.70. The van der Waals surface area contributed by atoms with E-state index in [0.29, 0.717) is 25.7 Å². The van der Waals surface area contributed by atoms with Gasteiger partial charge < -0.3 is 37.9 Å². The van der Waals surface area contributed by atoms with Gasteiger partial charge in [0.25, 0.3) is 0 Å². The number of ether oxygens (including phenoxy) is 8. The highest BCUT2D eigenvalue weighted by Crippen LogP contribution is 2.30. The third-order valence-electron chi connectivity index (χ3n) is 13.5. The van der Waals surface area contributed by atoms with Crippen molar-refractivity contribution in [2.24, 2.45) is 0 Å². The summed E-state index contributed by atoms with van der Waals surface area (Å²) in [6.45, 7) is 10.9. The first-order chi connectivity index (χ1) is 33.3. The summed E-state index contributed by atoms with van der Waals surface area (Å²) in [6, 6.07) is 15.6. The molecule has 2 unspecified atom stereocenters. The molecule has 10 nitrogen and oxygen atoms in total. The summed E-state index contributed by atoms with van der Waals surface area (Å²) >= 11 is 0. The molecule has 2 atom stereocenters. The molecule has 2 aromatic rings. The molecule has 0 bridgehead atoms. The van der Waals surface area contributed by atoms with E-state index in [-0.39, 0.29) is 35.3 Å². The Kier molecular flexibility index (Phi) is 26.8.